The van der Waals surface area contributed by atoms with Crippen LogP contribution < -0.4 is 15.6 Å². The Labute approximate surface area is 264 Å². The lowest BCUT2D eigenvalue weighted by Gasteiger charge is -2.30. The quantitative estimate of drug-likeness (QED) is 0.0981. The number of nitrogens with one attached hydrogen (secondary N) is 1. The first-order chi connectivity index (χ1) is 20.8. The van der Waals surface area contributed by atoms with Crippen LogP contribution >= 0.6 is 35.0 Å². The second-order valence-electron chi connectivity index (χ2n) is 9.37. The van der Waals surface area contributed by atoms with Crippen molar-refractivity contribution in [2.45, 2.75) is 26.3 Å². The van der Waals surface area contributed by atoms with Gasteiger partial charge in [0.05, 0.1) is 52.2 Å². The fraction of sp³-hybridized carbons (Fsp3) is 0.258. The third-order valence-electron chi connectivity index (χ3n) is 6.66. The SMILES string of the molecule is CCOc1ccc(-n2c(C(C)N(CCN=C(NC#N)SC)C(=O)Cc3ccc(Cl)c(Cl)c3)nc3ccccc3c2=O)cc1. The Balaban J connectivity index is 1.80. The summed E-state index contributed by atoms with van der Waals surface area (Å²) in [6.07, 6.45) is 3.71. The number of rotatable bonds is 10. The maximum Gasteiger partial charge on any atom is 0.266 e. The first kappa shape index (κ1) is 31.9. The minimum absolute atomic E-state index is 0.0393. The fourth-order valence-electron chi connectivity index (χ4n) is 4.60. The van der Waals surface area contributed by atoms with Crippen molar-refractivity contribution in [1.82, 2.24) is 19.8 Å². The molecule has 0 fully saturated rings. The molecule has 1 aromatic heterocycles. The summed E-state index contributed by atoms with van der Waals surface area (Å²) in [6.45, 7) is 4.66. The number of hydrogen-bond acceptors (Lipinski definition) is 7. The van der Waals surface area contributed by atoms with Gasteiger partial charge in [-0.05, 0) is 74.2 Å². The predicted molar refractivity (Wildman–Crippen MR) is 173 cm³/mol. The molecule has 0 saturated heterocycles. The van der Waals surface area contributed by atoms with Crippen molar-refractivity contribution in [1.29, 1.82) is 5.26 Å². The van der Waals surface area contributed by atoms with Crippen LogP contribution in [-0.4, -0.2) is 51.5 Å². The van der Waals surface area contributed by atoms with Crippen LogP contribution in [0.2, 0.25) is 10.0 Å². The Morgan fingerprint density at radius 3 is 2.58 bits per heavy atom. The number of nitriles is 1. The molecule has 3 aromatic carbocycles. The summed E-state index contributed by atoms with van der Waals surface area (Å²) in [5.74, 6) is 0.842. The zero-order valence-corrected chi connectivity index (χ0v) is 26.2. The van der Waals surface area contributed by atoms with Gasteiger partial charge in [-0.1, -0.05) is 53.2 Å². The summed E-state index contributed by atoms with van der Waals surface area (Å²) >= 11 is 13.6. The van der Waals surface area contributed by atoms with Crippen molar-refractivity contribution in [2.24, 2.45) is 4.99 Å². The standard InChI is InChI=1S/C31H30Cl2N6O3S/c1-4-42-23-12-10-22(11-13-23)39-29(37-27-8-6-5-7-24(27)30(39)41)20(2)38(16-15-35-31(43-3)36-19-34)28(40)18-21-9-14-25(32)26(33)17-21/h5-14,17,20H,4,15-16,18H2,1-3H3,(H,35,36). The number of amides is 1. The van der Waals surface area contributed by atoms with Gasteiger partial charge < -0.3 is 9.64 Å². The molecule has 1 N–H and O–H groups in total. The highest BCUT2D eigenvalue weighted by Gasteiger charge is 2.27. The van der Waals surface area contributed by atoms with Crippen LogP contribution in [-0.2, 0) is 11.2 Å². The minimum atomic E-state index is -0.643. The molecule has 4 rings (SSSR count). The maximum absolute atomic E-state index is 13.9. The van der Waals surface area contributed by atoms with Crippen LogP contribution in [0.1, 0.15) is 31.3 Å². The highest BCUT2D eigenvalue weighted by Crippen LogP contribution is 2.26. The molecule has 9 nitrogen and oxygen atoms in total. The van der Waals surface area contributed by atoms with Crippen LogP contribution in [0.15, 0.2) is 76.5 Å². The number of carbonyl (C=O) groups excluding carboxylic acids is 1. The Morgan fingerprint density at radius 1 is 1.16 bits per heavy atom. The molecule has 0 bridgehead atoms. The van der Waals surface area contributed by atoms with E-state index in [-0.39, 0.29) is 31.0 Å². The van der Waals surface area contributed by atoms with Gasteiger partial charge in [0, 0.05) is 6.54 Å². The Kier molecular flexibility index (Phi) is 11.1. The average molecular weight is 638 g/mol. The number of fused-ring (bicyclic) bond motifs is 1. The number of aliphatic imine (C=N–C) groups is 1. The summed E-state index contributed by atoms with van der Waals surface area (Å²) < 4.78 is 7.13. The van der Waals surface area contributed by atoms with Gasteiger partial charge in [0.25, 0.3) is 5.56 Å². The van der Waals surface area contributed by atoms with E-state index < -0.39 is 6.04 Å². The zero-order chi connectivity index (χ0) is 30.9. The minimum Gasteiger partial charge on any atom is -0.494 e. The first-order valence-electron chi connectivity index (χ1n) is 13.5. The summed E-state index contributed by atoms with van der Waals surface area (Å²) in [6, 6.07) is 18.7. The van der Waals surface area contributed by atoms with Crippen molar-refractivity contribution in [3.8, 4) is 17.6 Å². The number of nitrogens with zero attached hydrogens (tertiary/aromatic N) is 5. The van der Waals surface area contributed by atoms with Gasteiger partial charge in [-0.25, -0.2) is 4.98 Å². The third-order valence-corrected chi connectivity index (χ3v) is 8.02. The zero-order valence-electron chi connectivity index (χ0n) is 23.9. The maximum atomic E-state index is 13.9. The van der Waals surface area contributed by atoms with E-state index in [1.807, 2.05) is 26.1 Å². The van der Waals surface area contributed by atoms with E-state index in [4.69, 9.17) is 38.2 Å². The molecule has 0 saturated carbocycles. The van der Waals surface area contributed by atoms with Gasteiger partial charge in [0.2, 0.25) is 5.91 Å². The predicted octanol–water partition coefficient (Wildman–Crippen LogP) is 6.01. The summed E-state index contributed by atoms with van der Waals surface area (Å²) in [5, 5.41) is 13.2. The van der Waals surface area contributed by atoms with Gasteiger partial charge in [0.15, 0.2) is 11.4 Å². The molecule has 1 heterocycles. The number of benzene rings is 3. The first-order valence-corrected chi connectivity index (χ1v) is 15.5. The topological polar surface area (TPSA) is 113 Å². The number of amidine groups is 1. The smallest absolute Gasteiger partial charge is 0.266 e. The molecule has 0 radical (unpaired) electrons. The molecular formula is C31H30Cl2N6O3S. The van der Waals surface area contributed by atoms with E-state index in [0.717, 1.165) is 0 Å². The fourth-order valence-corrected chi connectivity index (χ4v) is 5.29. The molecule has 0 aliphatic heterocycles. The lowest BCUT2D eigenvalue weighted by molar-refractivity contribution is -0.132. The van der Waals surface area contributed by atoms with Gasteiger partial charge in [-0.2, -0.15) is 5.26 Å². The molecule has 1 atom stereocenters. The van der Waals surface area contributed by atoms with E-state index in [1.54, 1.807) is 71.8 Å². The van der Waals surface area contributed by atoms with Crippen molar-refractivity contribution in [3.05, 3.63) is 98.5 Å². The van der Waals surface area contributed by atoms with Gasteiger partial charge in [-0.3, -0.25) is 24.5 Å². The Morgan fingerprint density at radius 2 is 1.91 bits per heavy atom. The Bertz CT molecular complexity index is 1740. The van der Waals surface area contributed by atoms with Crippen LogP contribution in [0, 0.1) is 11.5 Å². The number of hydrogen-bond donors (Lipinski definition) is 1. The molecule has 0 spiro atoms. The largest absolute Gasteiger partial charge is 0.494 e. The summed E-state index contributed by atoms with van der Waals surface area (Å²) in [7, 11) is 0. The van der Waals surface area contributed by atoms with Gasteiger partial charge in [-0.15, -0.1) is 0 Å². The number of carbonyl (C=O) groups is 1. The number of thioether (sulfide) groups is 1. The molecule has 0 aliphatic carbocycles. The number of ether oxygens (including phenoxy) is 1. The van der Waals surface area contributed by atoms with Crippen LogP contribution in [0.5, 0.6) is 5.75 Å². The van der Waals surface area contributed by atoms with Crippen LogP contribution in [0.4, 0.5) is 0 Å². The highest BCUT2D eigenvalue weighted by molar-refractivity contribution is 8.13. The molecular weight excluding hydrogens is 607 g/mol. The van der Waals surface area contributed by atoms with Crippen molar-refractivity contribution in [3.63, 3.8) is 0 Å². The van der Waals surface area contributed by atoms with Gasteiger partial charge in [0.1, 0.15) is 11.6 Å². The lowest BCUT2D eigenvalue weighted by Crippen LogP contribution is -2.40. The molecule has 4 aromatic rings. The van der Waals surface area contributed by atoms with Crippen molar-refractivity contribution in [2.75, 3.05) is 26.0 Å². The third kappa shape index (κ3) is 7.68. The Hall–Kier alpha value is -4.04. The van der Waals surface area contributed by atoms with E-state index in [2.05, 4.69) is 10.3 Å². The molecule has 1 amide bonds. The monoisotopic (exact) mass is 636 g/mol. The van der Waals surface area contributed by atoms with Crippen LogP contribution in [0.25, 0.3) is 16.6 Å². The summed E-state index contributed by atoms with van der Waals surface area (Å²) in [5.41, 5.74) is 1.54. The number of halogens is 2. The molecule has 222 valence electrons. The van der Waals surface area contributed by atoms with E-state index >= 15 is 0 Å². The molecule has 12 heteroatoms. The van der Waals surface area contributed by atoms with Gasteiger partial charge >= 0.3 is 0 Å². The average Bonchev–Trinajstić information content (AvgIpc) is 3.01. The van der Waals surface area contributed by atoms with E-state index in [1.165, 1.54) is 16.3 Å². The van der Waals surface area contributed by atoms with E-state index in [9.17, 15) is 9.59 Å². The number of aromatic nitrogens is 2. The normalized spacial score (nSPS) is 12.0. The second-order valence-corrected chi connectivity index (χ2v) is 11.0. The van der Waals surface area contributed by atoms with Crippen molar-refractivity contribution >= 4 is 56.9 Å². The van der Waals surface area contributed by atoms with E-state index in [0.29, 0.717) is 55.5 Å². The molecule has 1 unspecified atom stereocenters. The summed E-state index contributed by atoms with van der Waals surface area (Å²) in [4.78, 5) is 38.8. The molecule has 43 heavy (non-hydrogen) atoms. The second kappa shape index (κ2) is 14.9. The van der Waals surface area contributed by atoms with Crippen molar-refractivity contribution < 1.29 is 9.53 Å². The lowest BCUT2D eigenvalue weighted by atomic mass is 10.1. The highest BCUT2D eigenvalue weighted by atomic mass is 35.5. The van der Waals surface area contributed by atoms with Crippen LogP contribution in [0.3, 0.4) is 0 Å². The molecule has 0 aliphatic rings. The number of para-hydroxylation sites is 1.